The lowest BCUT2D eigenvalue weighted by atomic mass is 10.1. The summed E-state index contributed by atoms with van der Waals surface area (Å²) in [5.41, 5.74) is 0.232. The molecule has 0 aliphatic carbocycles. The van der Waals surface area contributed by atoms with Gasteiger partial charge >= 0.3 is 5.97 Å². The summed E-state index contributed by atoms with van der Waals surface area (Å²) >= 11 is 0. The summed E-state index contributed by atoms with van der Waals surface area (Å²) in [6, 6.07) is 5.91. The van der Waals surface area contributed by atoms with Gasteiger partial charge in [0, 0.05) is 31.7 Å². The molecule has 0 unspecified atom stereocenters. The number of carbonyl (C=O) groups excluding carboxylic acids is 1. The van der Waals surface area contributed by atoms with Crippen LogP contribution in [0.25, 0.3) is 0 Å². The Balaban J connectivity index is 2.25. The highest BCUT2D eigenvalue weighted by molar-refractivity contribution is 7.89. The van der Waals surface area contributed by atoms with E-state index in [1.54, 1.807) is 6.07 Å². The molecule has 1 amide bonds. The summed E-state index contributed by atoms with van der Waals surface area (Å²) in [5, 5.41) is 8.91. The first kappa shape index (κ1) is 21.3. The molecule has 0 aromatic heterocycles. The zero-order valence-corrected chi connectivity index (χ0v) is 16.4. The van der Waals surface area contributed by atoms with Crippen LogP contribution in [0.15, 0.2) is 29.2 Å². The van der Waals surface area contributed by atoms with Crippen molar-refractivity contribution < 1.29 is 27.9 Å². The van der Waals surface area contributed by atoms with Crippen LogP contribution in [-0.4, -0.2) is 74.0 Å². The van der Waals surface area contributed by atoms with E-state index in [-0.39, 0.29) is 48.3 Å². The Morgan fingerprint density at radius 3 is 2.52 bits per heavy atom. The van der Waals surface area contributed by atoms with Crippen LogP contribution in [0, 0.1) is 5.92 Å². The van der Waals surface area contributed by atoms with Crippen LogP contribution < -0.4 is 0 Å². The number of aliphatic carboxylic acids is 1. The molecule has 2 rings (SSSR count). The van der Waals surface area contributed by atoms with Crippen LogP contribution in [0.3, 0.4) is 0 Å². The average molecular weight is 398 g/mol. The molecule has 1 aliphatic heterocycles. The van der Waals surface area contributed by atoms with Gasteiger partial charge in [0.05, 0.1) is 24.5 Å². The molecule has 0 saturated carbocycles. The van der Waals surface area contributed by atoms with Crippen molar-refractivity contribution in [2.75, 3.05) is 39.4 Å². The topological polar surface area (TPSA) is 104 Å². The van der Waals surface area contributed by atoms with Crippen molar-refractivity contribution >= 4 is 21.9 Å². The molecule has 9 heteroatoms. The zero-order chi connectivity index (χ0) is 20.0. The second kappa shape index (κ2) is 9.29. The van der Waals surface area contributed by atoms with E-state index in [0.29, 0.717) is 19.8 Å². The van der Waals surface area contributed by atoms with E-state index in [4.69, 9.17) is 9.84 Å². The molecule has 1 aromatic carbocycles. The molecular formula is C18H26N2O6S. The van der Waals surface area contributed by atoms with Crippen molar-refractivity contribution in [2.24, 2.45) is 5.92 Å². The lowest BCUT2D eigenvalue weighted by molar-refractivity contribution is -0.137. The number of rotatable bonds is 8. The number of hydrogen-bond acceptors (Lipinski definition) is 5. The van der Waals surface area contributed by atoms with E-state index in [9.17, 15) is 18.0 Å². The first-order valence-electron chi connectivity index (χ1n) is 8.91. The third kappa shape index (κ3) is 5.75. The van der Waals surface area contributed by atoms with Crippen LogP contribution in [0.5, 0.6) is 0 Å². The lowest BCUT2D eigenvalue weighted by Crippen LogP contribution is -2.40. The Labute approximate surface area is 159 Å². The number of carboxylic acid groups (broad SMARTS) is 1. The molecule has 0 radical (unpaired) electrons. The molecule has 1 saturated heterocycles. The second-order valence-electron chi connectivity index (χ2n) is 6.83. The molecule has 1 heterocycles. The molecule has 27 heavy (non-hydrogen) atoms. The Morgan fingerprint density at radius 1 is 1.26 bits per heavy atom. The third-order valence-corrected chi connectivity index (χ3v) is 6.05. The van der Waals surface area contributed by atoms with Crippen molar-refractivity contribution in [3.05, 3.63) is 29.8 Å². The number of carboxylic acids is 1. The largest absolute Gasteiger partial charge is 0.481 e. The lowest BCUT2D eigenvalue weighted by Gasteiger charge is -2.27. The van der Waals surface area contributed by atoms with Gasteiger partial charge in [0.15, 0.2) is 0 Å². The quantitative estimate of drug-likeness (QED) is 0.707. The summed E-state index contributed by atoms with van der Waals surface area (Å²) in [7, 11) is -3.70. The van der Waals surface area contributed by atoms with E-state index in [1.165, 1.54) is 27.4 Å². The summed E-state index contributed by atoms with van der Waals surface area (Å²) in [6.07, 6.45) is -0.162. The molecule has 150 valence electrons. The molecule has 0 bridgehead atoms. The average Bonchev–Trinajstić information content (AvgIpc) is 2.65. The summed E-state index contributed by atoms with van der Waals surface area (Å²) in [6.45, 7) is 5.57. The fourth-order valence-corrected chi connectivity index (χ4v) is 4.31. The van der Waals surface area contributed by atoms with Gasteiger partial charge in [-0.2, -0.15) is 4.31 Å². The molecule has 1 fully saturated rings. The SMILES string of the molecule is CC(C)CN(CCC(=O)O)C(=O)c1cccc(S(=O)(=O)N2CCOCC2)c1. The second-order valence-corrected chi connectivity index (χ2v) is 8.77. The highest BCUT2D eigenvalue weighted by Gasteiger charge is 2.27. The number of carbonyl (C=O) groups is 2. The van der Waals surface area contributed by atoms with Gasteiger partial charge < -0.3 is 14.7 Å². The minimum atomic E-state index is -3.70. The Bertz CT molecular complexity index is 772. The van der Waals surface area contributed by atoms with Gasteiger partial charge in [-0.25, -0.2) is 8.42 Å². The molecule has 1 aliphatic rings. The monoisotopic (exact) mass is 398 g/mol. The van der Waals surface area contributed by atoms with Crippen molar-refractivity contribution in [3.8, 4) is 0 Å². The third-order valence-electron chi connectivity index (χ3n) is 4.16. The maximum absolute atomic E-state index is 12.9. The fraction of sp³-hybridized carbons (Fsp3) is 0.556. The first-order valence-corrected chi connectivity index (χ1v) is 10.3. The van der Waals surface area contributed by atoms with E-state index < -0.39 is 16.0 Å². The van der Waals surface area contributed by atoms with Gasteiger partial charge in [0.25, 0.3) is 5.91 Å². The number of nitrogens with zero attached hydrogens (tertiary/aromatic N) is 2. The minimum absolute atomic E-state index is 0.0537. The van der Waals surface area contributed by atoms with Gasteiger partial charge in [-0.05, 0) is 24.1 Å². The van der Waals surface area contributed by atoms with E-state index >= 15 is 0 Å². The van der Waals surface area contributed by atoms with Gasteiger partial charge in [-0.15, -0.1) is 0 Å². The summed E-state index contributed by atoms with van der Waals surface area (Å²) < 4.78 is 32.1. The van der Waals surface area contributed by atoms with Crippen LogP contribution in [-0.2, 0) is 19.6 Å². The fourth-order valence-electron chi connectivity index (χ4n) is 2.86. The van der Waals surface area contributed by atoms with E-state index in [2.05, 4.69) is 0 Å². The van der Waals surface area contributed by atoms with E-state index in [0.717, 1.165) is 0 Å². The molecule has 0 spiro atoms. The first-order chi connectivity index (χ1) is 12.7. The standard InChI is InChI=1S/C18H26N2O6S/c1-14(2)13-19(7-6-17(21)22)18(23)15-4-3-5-16(12-15)27(24,25)20-8-10-26-11-9-20/h3-5,12,14H,6-11,13H2,1-2H3,(H,21,22). The Morgan fingerprint density at radius 2 is 1.93 bits per heavy atom. The Hall–Kier alpha value is -1.97. The number of amides is 1. The number of hydrogen-bond donors (Lipinski definition) is 1. The van der Waals surface area contributed by atoms with Crippen molar-refractivity contribution in [2.45, 2.75) is 25.2 Å². The highest BCUT2D eigenvalue weighted by atomic mass is 32.2. The van der Waals surface area contributed by atoms with Crippen LogP contribution in [0.2, 0.25) is 0 Å². The maximum atomic E-state index is 12.9. The summed E-state index contributed by atoms with van der Waals surface area (Å²) in [4.78, 5) is 25.2. The Kier molecular flexibility index (Phi) is 7.34. The number of morpholine rings is 1. The zero-order valence-electron chi connectivity index (χ0n) is 15.6. The van der Waals surface area contributed by atoms with Crippen molar-refractivity contribution in [3.63, 3.8) is 0 Å². The highest BCUT2D eigenvalue weighted by Crippen LogP contribution is 2.19. The van der Waals surface area contributed by atoms with Crippen molar-refractivity contribution in [1.82, 2.24) is 9.21 Å². The van der Waals surface area contributed by atoms with Crippen LogP contribution >= 0.6 is 0 Å². The van der Waals surface area contributed by atoms with E-state index in [1.807, 2.05) is 13.8 Å². The predicted octanol–water partition coefficient (Wildman–Crippen LogP) is 1.28. The molecule has 1 N–H and O–H groups in total. The normalized spacial score (nSPS) is 15.7. The number of benzene rings is 1. The maximum Gasteiger partial charge on any atom is 0.305 e. The van der Waals surface area contributed by atoms with Gasteiger partial charge in [0.1, 0.15) is 0 Å². The van der Waals surface area contributed by atoms with Crippen LogP contribution in [0.1, 0.15) is 30.6 Å². The summed E-state index contributed by atoms with van der Waals surface area (Å²) in [5.74, 6) is -1.20. The van der Waals surface area contributed by atoms with Gasteiger partial charge in [-0.3, -0.25) is 9.59 Å². The molecule has 8 nitrogen and oxygen atoms in total. The predicted molar refractivity (Wildman–Crippen MR) is 99.0 cm³/mol. The molecule has 0 atom stereocenters. The number of ether oxygens (including phenoxy) is 1. The smallest absolute Gasteiger partial charge is 0.305 e. The minimum Gasteiger partial charge on any atom is -0.481 e. The molecular weight excluding hydrogens is 372 g/mol. The van der Waals surface area contributed by atoms with Crippen LogP contribution in [0.4, 0.5) is 0 Å². The van der Waals surface area contributed by atoms with Gasteiger partial charge in [-0.1, -0.05) is 19.9 Å². The number of sulfonamides is 1. The molecule has 1 aromatic rings. The van der Waals surface area contributed by atoms with Crippen molar-refractivity contribution in [1.29, 1.82) is 0 Å². The van der Waals surface area contributed by atoms with Gasteiger partial charge in [0.2, 0.25) is 10.0 Å².